The van der Waals surface area contributed by atoms with Crippen molar-refractivity contribution in [2.24, 2.45) is 5.73 Å². The Hall–Kier alpha value is -1.60. The molecule has 1 amide bonds. The van der Waals surface area contributed by atoms with E-state index >= 15 is 0 Å². The lowest BCUT2D eigenvalue weighted by Crippen LogP contribution is -2.44. The number of nitrogens with two attached hydrogens (primary N) is 1. The summed E-state index contributed by atoms with van der Waals surface area (Å²) in [7, 11) is 0. The van der Waals surface area contributed by atoms with E-state index in [0.717, 1.165) is 6.07 Å². The molecule has 2 rings (SSSR count). The number of hydrogen-bond acceptors (Lipinski definition) is 3. The van der Waals surface area contributed by atoms with Crippen molar-refractivity contribution in [3.8, 4) is 0 Å². The van der Waals surface area contributed by atoms with Crippen molar-refractivity contribution in [3.05, 3.63) is 35.4 Å². The molecule has 3 N–H and O–H groups in total. The molecule has 1 unspecified atom stereocenters. The molecule has 25 heavy (non-hydrogen) atoms. The zero-order valence-corrected chi connectivity index (χ0v) is 14.4. The van der Waals surface area contributed by atoms with Crippen molar-refractivity contribution in [1.82, 2.24) is 5.32 Å². The normalized spacial score (nSPS) is 18.6. The molecule has 4 nitrogen and oxygen atoms in total. The molecule has 1 aromatic rings. The van der Waals surface area contributed by atoms with Gasteiger partial charge in [0.1, 0.15) is 0 Å². The number of ether oxygens (including phenoxy) is 1. The Morgan fingerprint density at radius 3 is 2.64 bits per heavy atom. The summed E-state index contributed by atoms with van der Waals surface area (Å²) in [5, 5.41) is 2.87. The highest BCUT2D eigenvalue weighted by Crippen LogP contribution is 2.37. The van der Waals surface area contributed by atoms with Crippen molar-refractivity contribution in [2.45, 2.75) is 50.2 Å². The Morgan fingerprint density at radius 2 is 2.04 bits per heavy atom. The molecule has 1 aliphatic heterocycles. The molecule has 1 fully saturated rings. The quantitative estimate of drug-likeness (QED) is 0.822. The lowest BCUT2D eigenvalue weighted by atomic mass is 9.73. The van der Waals surface area contributed by atoms with Crippen LogP contribution in [0.1, 0.15) is 43.7 Å². The van der Waals surface area contributed by atoms with Crippen LogP contribution in [0.4, 0.5) is 13.2 Å². The fourth-order valence-electron chi connectivity index (χ4n) is 3.07. The number of carbonyl (C=O) groups excluding carboxylic acids is 1. The number of alkyl halides is 3. The van der Waals surface area contributed by atoms with E-state index in [0.29, 0.717) is 51.0 Å². The van der Waals surface area contributed by atoms with Crippen LogP contribution < -0.4 is 11.1 Å². The molecule has 0 saturated carbocycles. The topological polar surface area (TPSA) is 64.4 Å². The molecular weight excluding hydrogens is 333 g/mol. The largest absolute Gasteiger partial charge is 0.416 e. The highest BCUT2D eigenvalue weighted by Gasteiger charge is 2.37. The van der Waals surface area contributed by atoms with Gasteiger partial charge in [0, 0.05) is 37.6 Å². The van der Waals surface area contributed by atoms with Gasteiger partial charge in [-0.25, -0.2) is 0 Å². The van der Waals surface area contributed by atoms with Crippen molar-refractivity contribution in [1.29, 1.82) is 0 Å². The Kier molecular flexibility index (Phi) is 6.46. The SMILES string of the molecule is CC(N)CCC(=O)NCC1(c2cccc(C(F)(F)F)c2)CCOCC1. The van der Waals surface area contributed by atoms with Crippen LogP contribution >= 0.6 is 0 Å². The molecule has 1 aromatic carbocycles. The van der Waals surface area contributed by atoms with Gasteiger partial charge >= 0.3 is 6.18 Å². The van der Waals surface area contributed by atoms with E-state index in [1.165, 1.54) is 12.1 Å². The van der Waals surface area contributed by atoms with Gasteiger partial charge in [-0.15, -0.1) is 0 Å². The maximum Gasteiger partial charge on any atom is 0.416 e. The van der Waals surface area contributed by atoms with Crippen molar-refractivity contribution in [3.63, 3.8) is 0 Å². The van der Waals surface area contributed by atoms with Gasteiger partial charge in [-0.3, -0.25) is 4.79 Å². The highest BCUT2D eigenvalue weighted by atomic mass is 19.4. The van der Waals surface area contributed by atoms with Crippen molar-refractivity contribution >= 4 is 5.91 Å². The molecular formula is C18H25F3N2O2. The molecule has 1 atom stereocenters. The Balaban J connectivity index is 2.16. The summed E-state index contributed by atoms with van der Waals surface area (Å²) < 4.78 is 44.5. The van der Waals surface area contributed by atoms with E-state index in [1.54, 1.807) is 6.07 Å². The molecule has 0 spiro atoms. The number of rotatable bonds is 6. The minimum Gasteiger partial charge on any atom is -0.381 e. The standard InChI is InChI=1S/C18H25F3N2O2/c1-13(22)5-6-16(24)23-12-17(7-9-25-10-8-17)14-3-2-4-15(11-14)18(19,20)21/h2-4,11,13H,5-10,12,22H2,1H3,(H,23,24). The zero-order chi connectivity index (χ0) is 18.5. The zero-order valence-electron chi connectivity index (χ0n) is 14.4. The Morgan fingerprint density at radius 1 is 1.36 bits per heavy atom. The molecule has 1 saturated heterocycles. The summed E-state index contributed by atoms with van der Waals surface area (Å²) in [6.45, 7) is 3.06. The van der Waals surface area contributed by atoms with Gasteiger partial charge < -0.3 is 15.8 Å². The van der Waals surface area contributed by atoms with E-state index in [9.17, 15) is 18.0 Å². The molecule has 0 aliphatic carbocycles. The second-order valence-corrected chi connectivity index (χ2v) is 6.76. The van der Waals surface area contributed by atoms with Crippen LogP contribution in [0.15, 0.2) is 24.3 Å². The third kappa shape index (κ3) is 5.44. The molecule has 0 aromatic heterocycles. The summed E-state index contributed by atoms with van der Waals surface area (Å²) in [6, 6.07) is 5.32. The molecule has 0 bridgehead atoms. The van der Waals surface area contributed by atoms with Crippen LogP contribution in [0, 0.1) is 0 Å². The minimum absolute atomic E-state index is 0.0637. The molecule has 140 valence electrons. The van der Waals surface area contributed by atoms with Crippen LogP contribution in [0.5, 0.6) is 0 Å². The molecule has 7 heteroatoms. The van der Waals surface area contributed by atoms with Gasteiger partial charge in [-0.2, -0.15) is 13.2 Å². The Labute approximate surface area is 145 Å². The van der Waals surface area contributed by atoms with Gasteiger partial charge in [-0.05, 0) is 37.8 Å². The van der Waals surface area contributed by atoms with Gasteiger partial charge in [0.25, 0.3) is 0 Å². The third-order valence-electron chi connectivity index (χ3n) is 4.70. The van der Waals surface area contributed by atoms with Crippen LogP contribution in [0.2, 0.25) is 0 Å². The number of halogens is 3. The minimum atomic E-state index is -4.39. The number of nitrogens with one attached hydrogen (secondary N) is 1. The molecule has 0 radical (unpaired) electrons. The predicted octanol–water partition coefficient (Wildman–Crippen LogP) is 3.00. The number of hydrogen-bond donors (Lipinski definition) is 2. The maximum absolute atomic E-state index is 13.0. The van der Waals surface area contributed by atoms with Crippen LogP contribution in [-0.2, 0) is 21.1 Å². The highest BCUT2D eigenvalue weighted by molar-refractivity contribution is 5.76. The summed E-state index contributed by atoms with van der Waals surface area (Å²) in [4.78, 5) is 12.0. The maximum atomic E-state index is 13.0. The molecule has 1 heterocycles. The van der Waals surface area contributed by atoms with E-state index in [1.807, 2.05) is 6.92 Å². The first-order valence-electron chi connectivity index (χ1n) is 8.51. The lowest BCUT2D eigenvalue weighted by molar-refractivity contribution is -0.137. The first-order chi connectivity index (χ1) is 11.7. The van der Waals surface area contributed by atoms with Crippen LogP contribution in [0.3, 0.4) is 0 Å². The van der Waals surface area contributed by atoms with E-state index in [4.69, 9.17) is 10.5 Å². The second kappa shape index (κ2) is 8.19. The average Bonchev–Trinajstić information content (AvgIpc) is 2.58. The lowest BCUT2D eigenvalue weighted by Gasteiger charge is -2.38. The third-order valence-corrected chi connectivity index (χ3v) is 4.70. The Bertz CT molecular complexity index is 582. The average molecular weight is 358 g/mol. The monoisotopic (exact) mass is 358 g/mol. The van der Waals surface area contributed by atoms with Gasteiger partial charge in [-0.1, -0.05) is 18.2 Å². The van der Waals surface area contributed by atoms with Gasteiger partial charge in [0.05, 0.1) is 5.56 Å². The molecule has 1 aliphatic rings. The van der Waals surface area contributed by atoms with Crippen LogP contribution in [-0.4, -0.2) is 31.7 Å². The summed E-state index contributed by atoms with van der Waals surface area (Å²) in [6.07, 6.45) is -2.36. The first kappa shape index (κ1) is 19.7. The smallest absolute Gasteiger partial charge is 0.381 e. The van der Waals surface area contributed by atoms with Crippen LogP contribution in [0.25, 0.3) is 0 Å². The first-order valence-corrected chi connectivity index (χ1v) is 8.51. The van der Waals surface area contributed by atoms with Gasteiger partial charge in [0.2, 0.25) is 5.91 Å². The fraction of sp³-hybridized carbons (Fsp3) is 0.611. The van der Waals surface area contributed by atoms with E-state index in [-0.39, 0.29) is 11.9 Å². The van der Waals surface area contributed by atoms with Crippen molar-refractivity contribution < 1.29 is 22.7 Å². The fourth-order valence-corrected chi connectivity index (χ4v) is 3.07. The van der Waals surface area contributed by atoms with Crippen molar-refractivity contribution in [2.75, 3.05) is 19.8 Å². The van der Waals surface area contributed by atoms with Gasteiger partial charge in [0.15, 0.2) is 0 Å². The second-order valence-electron chi connectivity index (χ2n) is 6.76. The number of amides is 1. The predicted molar refractivity (Wildman–Crippen MR) is 89.1 cm³/mol. The number of carbonyl (C=O) groups is 1. The number of benzene rings is 1. The van der Waals surface area contributed by atoms with E-state index in [2.05, 4.69) is 5.32 Å². The summed E-state index contributed by atoms with van der Waals surface area (Å²) >= 11 is 0. The van der Waals surface area contributed by atoms with E-state index < -0.39 is 17.2 Å². The summed E-state index contributed by atoms with van der Waals surface area (Å²) in [5.74, 6) is -0.129. The summed E-state index contributed by atoms with van der Waals surface area (Å²) in [5.41, 5.74) is 5.04.